The van der Waals surface area contributed by atoms with Crippen LogP contribution in [0, 0.1) is 6.92 Å². The molecule has 14 heavy (non-hydrogen) atoms. The van der Waals surface area contributed by atoms with Crippen molar-refractivity contribution in [3.8, 4) is 5.88 Å². The van der Waals surface area contributed by atoms with E-state index >= 15 is 0 Å². The second kappa shape index (κ2) is 3.80. The molecule has 0 bridgehead atoms. The summed E-state index contributed by atoms with van der Waals surface area (Å²) in [5.41, 5.74) is -0.675. The third-order valence-electron chi connectivity index (χ3n) is 1.81. The fraction of sp³-hybridized carbons (Fsp3) is 0.286. The van der Waals surface area contributed by atoms with Crippen LogP contribution in [-0.4, -0.2) is 19.1 Å². The molecule has 78 valence electrons. The number of hydrogen-bond donors (Lipinski definition) is 0. The molecule has 0 spiro atoms. The third kappa shape index (κ3) is 2.02. The van der Waals surface area contributed by atoms with Crippen molar-refractivity contribution in [3.05, 3.63) is 16.2 Å². The van der Waals surface area contributed by atoms with Crippen molar-refractivity contribution >= 4 is 28.4 Å². The minimum Gasteiger partial charge on any atom is -0.483 e. The van der Waals surface area contributed by atoms with Crippen molar-refractivity contribution in [2.45, 2.75) is 6.92 Å². The third-order valence-corrected chi connectivity index (χ3v) is 2.61. The highest BCUT2D eigenvalue weighted by molar-refractivity contribution is 9.10. The Morgan fingerprint density at radius 1 is 1.43 bits per heavy atom. The van der Waals surface area contributed by atoms with Gasteiger partial charge in [-0.25, -0.2) is 4.98 Å². The largest absolute Gasteiger partial charge is 0.515 e. The van der Waals surface area contributed by atoms with Crippen molar-refractivity contribution in [2.75, 3.05) is 7.11 Å². The molecule has 0 radical (unpaired) electrons. The van der Waals surface area contributed by atoms with Crippen LogP contribution in [0.25, 0.3) is 0 Å². The van der Waals surface area contributed by atoms with E-state index in [1.807, 2.05) is 0 Å². The second-order valence-electron chi connectivity index (χ2n) is 2.73. The summed E-state index contributed by atoms with van der Waals surface area (Å²) < 4.78 is 42.7. The summed E-state index contributed by atoms with van der Waals surface area (Å²) in [6.07, 6.45) is 1.29. The first-order valence-corrected chi connectivity index (χ1v) is 4.56. The molecule has 0 amide bonds. The Labute approximate surface area is 87.7 Å². The number of pyridine rings is 1. The lowest BCUT2D eigenvalue weighted by Crippen LogP contribution is -2.38. The fourth-order valence-corrected chi connectivity index (χ4v) is 1.43. The first-order chi connectivity index (χ1) is 6.38. The summed E-state index contributed by atoms with van der Waals surface area (Å²) in [6.45, 7) is -3.73. The maximum Gasteiger partial charge on any atom is 0.515 e. The van der Waals surface area contributed by atoms with Gasteiger partial charge in [-0.3, -0.25) is 0 Å². The minimum absolute atomic E-state index is 0.101. The van der Waals surface area contributed by atoms with Gasteiger partial charge < -0.3 is 17.7 Å². The van der Waals surface area contributed by atoms with E-state index in [0.29, 0.717) is 4.47 Å². The molecule has 0 aliphatic carbocycles. The summed E-state index contributed by atoms with van der Waals surface area (Å²) in [4.78, 5) is 3.55. The van der Waals surface area contributed by atoms with Gasteiger partial charge in [-0.05, 0) is 28.3 Å². The minimum atomic E-state index is -5.10. The Hall–Kier alpha value is -0.715. The smallest absolute Gasteiger partial charge is 0.483 e. The van der Waals surface area contributed by atoms with E-state index < -0.39 is 12.4 Å². The monoisotopic (exact) mass is 268 g/mol. The second-order valence-corrected chi connectivity index (χ2v) is 3.58. The molecule has 0 aromatic carbocycles. The maximum atomic E-state index is 12.6. The Morgan fingerprint density at radius 3 is 2.43 bits per heavy atom. The van der Waals surface area contributed by atoms with Gasteiger partial charge in [0.25, 0.3) is 0 Å². The van der Waals surface area contributed by atoms with Gasteiger partial charge in [-0.1, -0.05) is 5.56 Å². The predicted octanol–water partition coefficient (Wildman–Crippen LogP) is 2.22. The average molecular weight is 269 g/mol. The number of ether oxygens (including phenoxy) is 1. The van der Waals surface area contributed by atoms with Crippen molar-refractivity contribution < 1.29 is 17.7 Å². The van der Waals surface area contributed by atoms with Crippen molar-refractivity contribution in [1.29, 1.82) is 0 Å². The van der Waals surface area contributed by atoms with Gasteiger partial charge in [0.15, 0.2) is 5.88 Å². The number of methoxy groups -OCH3 is 1. The Morgan fingerprint density at radius 2 is 2.00 bits per heavy atom. The van der Waals surface area contributed by atoms with E-state index in [1.54, 1.807) is 0 Å². The van der Waals surface area contributed by atoms with Crippen molar-refractivity contribution in [3.63, 3.8) is 0 Å². The SMILES string of the molecule is COc1ncc(Br)c(C)c1[B-](F)(F)F. The highest BCUT2D eigenvalue weighted by Gasteiger charge is 2.32. The Bertz CT molecular complexity index is 356. The molecule has 1 aromatic heterocycles. The lowest BCUT2D eigenvalue weighted by Gasteiger charge is -2.20. The van der Waals surface area contributed by atoms with Crippen LogP contribution in [0.15, 0.2) is 10.7 Å². The van der Waals surface area contributed by atoms with Crippen LogP contribution in [0.4, 0.5) is 12.9 Å². The zero-order valence-electron chi connectivity index (χ0n) is 7.52. The van der Waals surface area contributed by atoms with E-state index in [0.717, 1.165) is 0 Å². The summed E-state index contributed by atoms with van der Waals surface area (Å²) >= 11 is 2.99. The Balaban J connectivity index is 3.44. The van der Waals surface area contributed by atoms with Crippen molar-refractivity contribution in [2.24, 2.45) is 0 Å². The van der Waals surface area contributed by atoms with Crippen LogP contribution in [-0.2, 0) is 0 Å². The van der Waals surface area contributed by atoms with Gasteiger partial charge in [0, 0.05) is 10.7 Å². The van der Waals surface area contributed by atoms with Crippen LogP contribution >= 0.6 is 15.9 Å². The molecule has 0 saturated heterocycles. The molecule has 2 nitrogen and oxygen atoms in total. The lowest BCUT2D eigenvalue weighted by atomic mass is 9.78. The zero-order valence-corrected chi connectivity index (χ0v) is 9.11. The summed E-state index contributed by atoms with van der Waals surface area (Å²) in [5, 5.41) is 0. The average Bonchev–Trinajstić information content (AvgIpc) is 2.07. The topological polar surface area (TPSA) is 22.1 Å². The van der Waals surface area contributed by atoms with Crippen LogP contribution in [0.1, 0.15) is 5.56 Å². The van der Waals surface area contributed by atoms with Crippen LogP contribution in [0.5, 0.6) is 5.88 Å². The summed E-state index contributed by atoms with van der Waals surface area (Å²) in [6, 6.07) is 0. The van der Waals surface area contributed by atoms with E-state index in [1.165, 1.54) is 20.2 Å². The lowest BCUT2D eigenvalue weighted by molar-refractivity contribution is 0.396. The molecule has 1 aromatic rings. The van der Waals surface area contributed by atoms with Gasteiger partial charge >= 0.3 is 6.98 Å². The van der Waals surface area contributed by atoms with E-state index in [4.69, 9.17) is 0 Å². The standard InChI is InChI=1S/C7H7BBrF3NO/c1-4-5(9)3-13-7(14-2)6(4)8(10,11)12/h3H,1-2H3/q-1. The molecular formula is C7H7BBrF3NO-. The first kappa shape index (κ1) is 11.4. The molecule has 1 rings (SSSR count). The molecule has 0 aliphatic rings. The van der Waals surface area contributed by atoms with Gasteiger partial charge in [-0.2, -0.15) is 0 Å². The fourth-order valence-electron chi connectivity index (χ4n) is 1.12. The molecular weight excluding hydrogens is 262 g/mol. The van der Waals surface area contributed by atoms with Crippen LogP contribution in [0.3, 0.4) is 0 Å². The van der Waals surface area contributed by atoms with E-state index in [9.17, 15) is 12.9 Å². The summed E-state index contributed by atoms with van der Waals surface area (Å²) in [5.74, 6) is -0.377. The highest BCUT2D eigenvalue weighted by Crippen LogP contribution is 2.23. The number of hydrogen-bond acceptors (Lipinski definition) is 2. The Kier molecular flexibility index (Phi) is 3.09. The molecule has 7 heteroatoms. The molecule has 1 heterocycles. The molecule has 0 N–H and O–H groups in total. The van der Waals surface area contributed by atoms with Gasteiger partial charge in [0.05, 0.1) is 7.11 Å². The van der Waals surface area contributed by atoms with Gasteiger partial charge in [0.2, 0.25) is 0 Å². The highest BCUT2D eigenvalue weighted by atomic mass is 79.9. The molecule has 0 aliphatic heterocycles. The summed E-state index contributed by atoms with van der Waals surface area (Å²) in [7, 11) is 1.17. The van der Waals surface area contributed by atoms with Gasteiger partial charge in [-0.15, -0.1) is 0 Å². The number of rotatable bonds is 2. The molecule has 0 fully saturated rings. The first-order valence-electron chi connectivity index (χ1n) is 3.77. The van der Waals surface area contributed by atoms with Crippen LogP contribution < -0.4 is 10.2 Å². The van der Waals surface area contributed by atoms with Crippen LogP contribution in [0.2, 0.25) is 0 Å². The quantitative estimate of drug-likeness (QED) is 0.768. The predicted molar refractivity (Wildman–Crippen MR) is 51.9 cm³/mol. The van der Waals surface area contributed by atoms with E-state index in [-0.39, 0.29) is 11.4 Å². The zero-order chi connectivity index (χ0) is 10.9. The van der Waals surface area contributed by atoms with Gasteiger partial charge in [0.1, 0.15) is 0 Å². The molecule has 0 atom stereocenters. The van der Waals surface area contributed by atoms with Crippen molar-refractivity contribution in [1.82, 2.24) is 4.98 Å². The molecule has 0 saturated carbocycles. The number of nitrogens with zero attached hydrogens (tertiary/aromatic N) is 1. The van der Waals surface area contributed by atoms with E-state index in [2.05, 4.69) is 25.7 Å². The maximum absolute atomic E-state index is 12.6. The molecule has 0 unspecified atom stereocenters. The number of halogens is 4. The normalized spacial score (nSPS) is 11.6. The number of aromatic nitrogens is 1.